The predicted molar refractivity (Wildman–Crippen MR) is 71.0 cm³/mol. The number of amides is 1. The van der Waals surface area contributed by atoms with Crippen LogP contribution in [0.15, 0.2) is 41.0 Å². The molecule has 1 heterocycles. The van der Waals surface area contributed by atoms with E-state index >= 15 is 0 Å². The summed E-state index contributed by atoms with van der Waals surface area (Å²) >= 11 is 3.16. The van der Waals surface area contributed by atoms with Crippen LogP contribution in [-0.4, -0.2) is 10.9 Å². The Morgan fingerprint density at radius 3 is 2.72 bits per heavy atom. The quantitative estimate of drug-likeness (QED) is 0.922. The van der Waals surface area contributed by atoms with Gasteiger partial charge in [0.2, 0.25) is 0 Å². The van der Waals surface area contributed by atoms with E-state index in [4.69, 9.17) is 0 Å². The van der Waals surface area contributed by atoms with Crippen LogP contribution in [-0.2, 0) is 0 Å². The molecule has 1 N–H and O–H groups in total. The minimum atomic E-state index is -0.393. The summed E-state index contributed by atoms with van der Waals surface area (Å²) in [5.41, 5.74) is 1.84. The van der Waals surface area contributed by atoms with Gasteiger partial charge in [-0.25, -0.2) is 4.39 Å². The first kappa shape index (κ1) is 12.7. The number of nitrogens with one attached hydrogen (secondary N) is 1. The van der Waals surface area contributed by atoms with Crippen molar-refractivity contribution in [1.29, 1.82) is 0 Å². The molecular formula is C13H10BrFN2O. The van der Waals surface area contributed by atoms with Gasteiger partial charge in [-0.15, -0.1) is 0 Å². The van der Waals surface area contributed by atoms with Gasteiger partial charge in [0.1, 0.15) is 5.82 Å². The van der Waals surface area contributed by atoms with Gasteiger partial charge in [-0.2, -0.15) is 0 Å². The number of aryl methyl sites for hydroxylation is 1. The summed E-state index contributed by atoms with van der Waals surface area (Å²) in [4.78, 5) is 16.0. The molecule has 5 heteroatoms. The van der Waals surface area contributed by atoms with Crippen LogP contribution in [0.25, 0.3) is 0 Å². The molecule has 0 saturated heterocycles. The molecule has 2 aromatic rings. The first-order chi connectivity index (χ1) is 8.56. The van der Waals surface area contributed by atoms with E-state index in [9.17, 15) is 9.18 Å². The van der Waals surface area contributed by atoms with E-state index in [1.54, 1.807) is 18.3 Å². The molecule has 0 aliphatic heterocycles. The zero-order valence-corrected chi connectivity index (χ0v) is 11.2. The standard InChI is InChI=1S/C13H10BrFN2O/c1-8-2-4-10(7-16-8)17-13(18)11-5-3-9(15)6-12(11)14/h2-7H,1H3,(H,17,18). The van der Waals surface area contributed by atoms with Crippen molar-refractivity contribution < 1.29 is 9.18 Å². The molecule has 0 unspecified atom stereocenters. The Kier molecular flexibility index (Phi) is 3.72. The molecule has 1 aromatic carbocycles. The molecule has 0 atom stereocenters. The number of aromatic nitrogens is 1. The lowest BCUT2D eigenvalue weighted by Crippen LogP contribution is -2.12. The van der Waals surface area contributed by atoms with Gasteiger partial charge >= 0.3 is 0 Å². The first-order valence-electron chi connectivity index (χ1n) is 5.25. The van der Waals surface area contributed by atoms with Crippen LogP contribution in [0.2, 0.25) is 0 Å². The van der Waals surface area contributed by atoms with E-state index in [1.165, 1.54) is 18.2 Å². The molecule has 92 valence electrons. The molecule has 0 radical (unpaired) electrons. The maximum absolute atomic E-state index is 12.9. The molecule has 0 saturated carbocycles. The summed E-state index contributed by atoms with van der Waals surface area (Å²) in [6, 6.07) is 7.48. The smallest absolute Gasteiger partial charge is 0.256 e. The summed E-state index contributed by atoms with van der Waals surface area (Å²) in [5, 5.41) is 2.69. The minimum Gasteiger partial charge on any atom is -0.321 e. The van der Waals surface area contributed by atoms with Crippen LogP contribution >= 0.6 is 15.9 Å². The lowest BCUT2D eigenvalue weighted by molar-refractivity contribution is 0.102. The fraction of sp³-hybridized carbons (Fsp3) is 0.0769. The van der Waals surface area contributed by atoms with Crippen molar-refractivity contribution in [3.8, 4) is 0 Å². The van der Waals surface area contributed by atoms with Crippen LogP contribution in [0.1, 0.15) is 16.1 Å². The third-order valence-corrected chi connectivity index (χ3v) is 3.00. The average Bonchev–Trinajstić information content (AvgIpc) is 2.32. The largest absolute Gasteiger partial charge is 0.321 e. The summed E-state index contributed by atoms with van der Waals surface area (Å²) in [6.07, 6.45) is 1.57. The maximum atomic E-state index is 12.9. The average molecular weight is 309 g/mol. The topological polar surface area (TPSA) is 42.0 Å². The van der Waals surface area contributed by atoms with Gasteiger partial charge in [-0.3, -0.25) is 9.78 Å². The van der Waals surface area contributed by atoms with Crippen molar-refractivity contribution in [1.82, 2.24) is 4.98 Å². The summed E-state index contributed by atoms with van der Waals surface area (Å²) in [6.45, 7) is 1.86. The van der Waals surface area contributed by atoms with Crippen LogP contribution in [0.5, 0.6) is 0 Å². The normalized spacial score (nSPS) is 10.2. The Bertz CT molecular complexity index is 584. The molecule has 3 nitrogen and oxygen atoms in total. The number of hydrogen-bond donors (Lipinski definition) is 1. The summed E-state index contributed by atoms with van der Waals surface area (Å²) in [5.74, 6) is -0.706. The number of carbonyl (C=O) groups excluding carboxylic acids is 1. The highest BCUT2D eigenvalue weighted by molar-refractivity contribution is 9.10. The van der Waals surface area contributed by atoms with Crippen molar-refractivity contribution in [2.24, 2.45) is 0 Å². The zero-order chi connectivity index (χ0) is 13.1. The number of halogens is 2. The molecule has 2 rings (SSSR count). The number of benzene rings is 1. The fourth-order valence-corrected chi connectivity index (χ4v) is 1.94. The molecule has 0 fully saturated rings. The third kappa shape index (κ3) is 2.92. The first-order valence-corrected chi connectivity index (χ1v) is 6.04. The van der Waals surface area contributed by atoms with E-state index in [0.29, 0.717) is 15.7 Å². The van der Waals surface area contributed by atoms with E-state index in [1.807, 2.05) is 6.92 Å². The number of anilines is 1. The highest BCUT2D eigenvalue weighted by atomic mass is 79.9. The Morgan fingerprint density at radius 1 is 1.33 bits per heavy atom. The lowest BCUT2D eigenvalue weighted by Gasteiger charge is -2.06. The predicted octanol–water partition coefficient (Wildman–Crippen LogP) is 3.54. The second-order valence-corrected chi connectivity index (χ2v) is 4.62. The Labute approximate surface area is 112 Å². The number of hydrogen-bond acceptors (Lipinski definition) is 2. The molecular weight excluding hydrogens is 299 g/mol. The molecule has 0 bridgehead atoms. The van der Waals surface area contributed by atoms with Crippen LogP contribution < -0.4 is 5.32 Å². The van der Waals surface area contributed by atoms with Crippen molar-refractivity contribution in [3.63, 3.8) is 0 Å². The van der Waals surface area contributed by atoms with Gasteiger partial charge < -0.3 is 5.32 Å². The van der Waals surface area contributed by atoms with Gasteiger partial charge in [-0.05, 0) is 53.2 Å². The van der Waals surface area contributed by atoms with Crippen molar-refractivity contribution in [3.05, 3.63) is 58.1 Å². The number of pyridine rings is 1. The van der Waals surface area contributed by atoms with E-state index in [-0.39, 0.29) is 5.91 Å². The highest BCUT2D eigenvalue weighted by Crippen LogP contribution is 2.19. The second-order valence-electron chi connectivity index (χ2n) is 3.77. The molecule has 0 aliphatic rings. The molecule has 1 amide bonds. The van der Waals surface area contributed by atoms with Gasteiger partial charge in [0.05, 0.1) is 17.4 Å². The van der Waals surface area contributed by atoms with Gasteiger partial charge in [0.25, 0.3) is 5.91 Å². The molecule has 1 aromatic heterocycles. The number of rotatable bonds is 2. The van der Waals surface area contributed by atoms with Crippen molar-refractivity contribution in [2.75, 3.05) is 5.32 Å². The third-order valence-electron chi connectivity index (χ3n) is 2.34. The van der Waals surface area contributed by atoms with E-state index < -0.39 is 5.82 Å². The van der Waals surface area contributed by atoms with Gasteiger partial charge in [-0.1, -0.05) is 0 Å². The van der Waals surface area contributed by atoms with E-state index in [0.717, 1.165) is 5.69 Å². The Morgan fingerprint density at radius 2 is 2.11 bits per heavy atom. The zero-order valence-electron chi connectivity index (χ0n) is 9.58. The highest BCUT2D eigenvalue weighted by Gasteiger charge is 2.10. The Hall–Kier alpha value is -1.75. The molecule has 0 aliphatic carbocycles. The van der Waals surface area contributed by atoms with Gasteiger partial charge in [0, 0.05) is 10.2 Å². The Balaban J connectivity index is 2.19. The SMILES string of the molecule is Cc1ccc(NC(=O)c2ccc(F)cc2Br)cn1. The molecule has 18 heavy (non-hydrogen) atoms. The fourth-order valence-electron chi connectivity index (χ4n) is 1.41. The van der Waals surface area contributed by atoms with E-state index in [2.05, 4.69) is 26.2 Å². The maximum Gasteiger partial charge on any atom is 0.256 e. The molecule has 0 spiro atoms. The number of nitrogens with zero attached hydrogens (tertiary/aromatic N) is 1. The van der Waals surface area contributed by atoms with Gasteiger partial charge in [0.15, 0.2) is 0 Å². The minimum absolute atomic E-state index is 0.312. The van der Waals surface area contributed by atoms with Crippen LogP contribution in [0, 0.1) is 12.7 Å². The monoisotopic (exact) mass is 308 g/mol. The summed E-state index contributed by atoms with van der Waals surface area (Å²) in [7, 11) is 0. The lowest BCUT2D eigenvalue weighted by atomic mass is 10.2. The van der Waals surface area contributed by atoms with Crippen molar-refractivity contribution in [2.45, 2.75) is 6.92 Å². The van der Waals surface area contributed by atoms with Crippen LogP contribution in [0.4, 0.5) is 10.1 Å². The number of carbonyl (C=O) groups is 1. The second kappa shape index (κ2) is 5.27. The van der Waals surface area contributed by atoms with Crippen molar-refractivity contribution >= 4 is 27.5 Å². The summed E-state index contributed by atoms with van der Waals surface area (Å²) < 4.78 is 13.3. The van der Waals surface area contributed by atoms with Crippen LogP contribution in [0.3, 0.4) is 0 Å².